The second-order valence-corrected chi connectivity index (χ2v) is 5.58. The quantitative estimate of drug-likeness (QED) is 0.518. The van der Waals surface area contributed by atoms with Gasteiger partial charge >= 0.3 is 11.7 Å². The third-order valence-electron chi connectivity index (χ3n) is 2.71. The number of nitrogens with one attached hydrogen (secondary N) is 1. The number of aromatic nitrogens is 1. The Kier molecular flexibility index (Phi) is 4.49. The highest BCUT2D eigenvalue weighted by Crippen LogP contribution is 2.24. The molecule has 0 aliphatic rings. The Bertz CT molecular complexity index is 684. The number of aryl methyl sites for hydroxylation is 1. The number of anilines is 1. The third-order valence-corrected chi connectivity index (χ3v) is 3.71. The largest absolute Gasteiger partial charge is 0.465 e. The maximum Gasteiger partial charge on any atom is 0.339 e. The van der Waals surface area contributed by atoms with E-state index < -0.39 is 10.9 Å². The zero-order chi connectivity index (χ0) is 15.4. The van der Waals surface area contributed by atoms with Crippen molar-refractivity contribution in [3.8, 4) is 0 Å². The molecule has 2 heterocycles. The molecule has 8 heteroatoms. The Balaban J connectivity index is 2.22. The minimum atomic E-state index is -0.661. The van der Waals surface area contributed by atoms with E-state index in [4.69, 9.17) is 0 Å². The molecular formula is C13H13N3O4S. The zero-order valence-corrected chi connectivity index (χ0v) is 12.3. The maximum atomic E-state index is 11.4. The lowest BCUT2D eigenvalue weighted by molar-refractivity contribution is -0.384. The van der Waals surface area contributed by atoms with Gasteiger partial charge in [0.25, 0.3) is 0 Å². The number of methoxy groups -OCH3 is 1. The van der Waals surface area contributed by atoms with E-state index in [0.717, 1.165) is 15.8 Å². The maximum absolute atomic E-state index is 11.4. The van der Waals surface area contributed by atoms with Crippen LogP contribution in [0.25, 0.3) is 0 Å². The number of hydrogen-bond donors (Lipinski definition) is 1. The lowest BCUT2D eigenvalue weighted by Crippen LogP contribution is -2.07. The monoisotopic (exact) mass is 307 g/mol. The lowest BCUT2D eigenvalue weighted by Gasteiger charge is -2.06. The van der Waals surface area contributed by atoms with Crippen molar-refractivity contribution in [3.05, 3.63) is 49.8 Å². The number of thiophene rings is 1. The van der Waals surface area contributed by atoms with Gasteiger partial charge in [-0.1, -0.05) is 0 Å². The highest BCUT2D eigenvalue weighted by molar-refractivity contribution is 7.11. The van der Waals surface area contributed by atoms with Crippen LogP contribution in [0, 0.1) is 17.0 Å². The fourth-order valence-corrected chi connectivity index (χ4v) is 2.54. The SMILES string of the molecule is COC(=O)c1cnc(NCc2ccc(C)s2)c([N+](=O)[O-])c1. The molecule has 0 spiro atoms. The van der Waals surface area contributed by atoms with Crippen LogP contribution in [0.5, 0.6) is 0 Å². The van der Waals surface area contributed by atoms with Crippen LogP contribution >= 0.6 is 11.3 Å². The summed E-state index contributed by atoms with van der Waals surface area (Å²) in [6, 6.07) is 5.08. The minimum absolute atomic E-state index is 0.0433. The van der Waals surface area contributed by atoms with Crippen molar-refractivity contribution in [1.82, 2.24) is 4.98 Å². The molecule has 21 heavy (non-hydrogen) atoms. The lowest BCUT2D eigenvalue weighted by atomic mass is 10.2. The standard InChI is InChI=1S/C13H13N3O4S/c1-8-3-4-10(21-8)7-15-12-11(16(18)19)5-9(6-14-12)13(17)20-2/h3-6H,7H2,1-2H3,(H,14,15). The minimum Gasteiger partial charge on any atom is -0.465 e. The summed E-state index contributed by atoms with van der Waals surface area (Å²) < 4.78 is 4.52. The number of carbonyl (C=O) groups is 1. The number of ether oxygens (including phenoxy) is 1. The van der Waals surface area contributed by atoms with Gasteiger partial charge < -0.3 is 10.1 Å². The molecule has 0 aromatic carbocycles. The molecule has 0 unspecified atom stereocenters. The Morgan fingerprint density at radius 1 is 1.52 bits per heavy atom. The van der Waals surface area contributed by atoms with E-state index in [2.05, 4.69) is 15.0 Å². The van der Waals surface area contributed by atoms with Gasteiger partial charge in [0, 0.05) is 22.0 Å². The first-order valence-corrected chi connectivity index (χ1v) is 6.85. The molecule has 0 amide bonds. The van der Waals surface area contributed by atoms with Crippen molar-refractivity contribution in [2.45, 2.75) is 13.5 Å². The zero-order valence-electron chi connectivity index (χ0n) is 11.5. The summed E-state index contributed by atoms with van der Waals surface area (Å²) in [6.45, 7) is 2.42. The average molecular weight is 307 g/mol. The molecule has 0 atom stereocenters. The molecule has 0 fully saturated rings. The predicted octanol–water partition coefficient (Wildman–Crippen LogP) is 2.76. The van der Waals surface area contributed by atoms with Gasteiger partial charge in [-0.25, -0.2) is 9.78 Å². The van der Waals surface area contributed by atoms with Gasteiger partial charge in [-0.2, -0.15) is 0 Å². The first-order valence-electron chi connectivity index (χ1n) is 6.03. The topological polar surface area (TPSA) is 94.4 Å². The molecule has 1 N–H and O–H groups in total. The van der Waals surface area contributed by atoms with Crippen molar-refractivity contribution in [1.29, 1.82) is 0 Å². The van der Waals surface area contributed by atoms with Crippen LogP contribution in [0.1, 0.15) is 20.1 Å². The van der Waals surface area contributed by atoms with Gasteiger partial charge in [0.1, 0.15) is 0 Å². The fourth-order valence-electron chi connectivity index (χ4n) is 1.71. The molecule has 7 nitrogen and oxygen atoms in total. The number of pyridine rings is 1. The van der Waals surface area contributed by atoms with Gasteiger partial charge in [0.05, 0.1) is 24.1 Å². The number of rotatable bonds is 5. The number of carbonyl (C=O) groups excluding carboxylic acids is 1. The average Bonchev–Trinajstić information content (AvgIpc) is 2.89. The van der Waals surface area contributed by atoms with E-state index in [0.29, 0.717) is 6.54 Å². The second kappa shape index (κ2) is 6.31. The summed E-state index contributed by atoms with van der Waals surface area (Å²) in [7, 11) is 1.21. The summed E-state index contributed by atoms with van der Waals surface area (Å²) in [5.41, 5.74) is -0.215. The van der Waals surface area contributed by atoms with Gasteiger partial charge in [-0.05, 0) is 19.1 Å². The van der Waals surface area contributed by atoms with E-state index in [9.17, 15) is 14.9 Å². The molecule has 0 radical (unpaired) electrons. The van der Waals surface area contributed by atoms with Crippen LogP contribution in [0.4, 0.5) is 11.5 Å². The molecule has 2 aromatic heterocycles. The molecule has 0 aliphatic heterocycles. The molecular weight excluding hydrogens is 294 g/mol. The Hall–Kier alpha value is -2.48. The number of nitro groups is 1. The van der Waals surface area contributed by atoms with E-state index in [1.807, 2.05) is 19.1 Å². The van der Waals surface area contributed by atoms with Crippen molar-refractivity contribution >= 4 is 28.8 Å². The summed E-state index contributed by atoms with van der Waals surface area (Å²) >= 11 is 1.60. The van der Waals surface area contributed by atoms with Crippen LogP contribution in [0.15, 0.2) is 24.4 Å². The van der Waals surface area contributed by atoms with Crippen molar-refractivity contribution in [3.63, 3.8) is 0 Å². The number of esters is 1. The normalized spacial score (nSPS) is 10.2. The van der Waals surface area contributed by atoms with Crippen LogP contribution in [0.2, 0.25) is 0 Å². The predicted molar refractivity (Wildman–Crippen MR) is 78.6 cm³/mol. The van der Waals surface area contributed by atoms with E-state index in [1.165, 1.54) is 13.3 Å². The van der Waals surface area contributed by atoms with Crippen LogP contribution in [-0.4, -0.2) is 23.0 Å². The molecule has 2 rings (SSSR count). The van der Waals surface area contributed by atoms with E-state index in [-0.39, 0.29) is 17.1 Å². The summed E-state index contributed by atoms with van der Waals surface area (Å²) in [5, 5.41) is 14.0. The molecule has 110 valence electrons. The second-order valence-electron chi connectivity index (χ2n) is 4.21. The van der Waals surface area contributed by atoms with E-state index in [1.54, 1.807) is 11.3 Å². The first kappa shape index (κ1) is 14.9. The van der Waals surface area contributed by atoms with E-state index >= 15 is 0 Å². The fraction of sp³-hybridized carbons (Fsp3) is 0.231. The highest BCUT2D eigenvalue weighted by atomic mass is 32.1. The summed E-state index contributed by atoms with van der Waals surface area (Å²) in [4.78, 5) is 28.0. The van der Waals surface area contributed by atoms with Gasteiger partial charge in [-0.15, -0.1) is 11.3 Å². The van der Waals surface area contributed by atoms with Crippen molar-refractivity contribution in [2.75, 3.05) is 12.4 Å². The first-order chi connectivity index (χ1) is 10.0. The van der Waals surface area contributed by atoms with Crippen LogP contribution < -0.4 is 5.32 Å². The van der Waals surface area contributed by atoms with Gasteiger partial charge in [0.15, 0.2) is 0 Å². The highest BCUT2D eigenvalue weighted by Gasteiger charge is 2.19. The number of nitrogens with zero attached hydrogens (tertiary/aromatic N) is 2. The molecule has 0 saturated carbocycles. The molecule has 2 aromatic rings. The summed E-state index contributed by atoms with van der Waals surface area (Å²) in [6.07, 6.45) is 1.25. The molecule has 0 bridgehead atoms. The molecule has 0 saturated heterocycles. The van der Waals surface area contributed by atoms with Gasteiger partial charge in [0.2, 0.25) is 5.82 Å². The Morgan fingerprint density at radius 3 is 2.86 bits per heavy atom. The Morgan fingerprint density at radius 2 is 2.29 bits per heavy atom. The van der Waals surface area contributed by atoms with Gasteiger partial charge in [-0.3, -0.25) is 10.1 Å². The van der Waals surface area contributed by atoms with Crippen molar-refractivity contribution in [2.24, 2.45) is 0 Å². The smallest absolute Gasteiger partial charge is 0.339 e. The van der Waals surface area contributed by atoms with Crippen LogP contribution in [0.3, 0.4) is 0 Å². The third kappa shape index (κ3) is 3.54. The molecule has 0 aliphatic carbocycles. The Labute approximate surface area is 124 Å². The summed E-state index contributed by atoms with van der Waals surface area (Å²) in [5.74, 6) is -0.537. The van der Waals surface area contributed by atoms with Crippen LogP contribution in [-0.2, 0) is 11.3 Å². The number of hydrogen-bond acceptors (Lipinski definition) is 7. The van der Waals surface area contributed by atoms with Crippen molar-refractivity contribution < 1.29 is 14.5 Å².